The molecule has 0 aromatic heterocycles. The van der Waals surface area contributed by atoms with Gasteiger partial charge in [0.25, 0.3) is 0 Å². The molecule has 0 atom stereocenters. The van der Waals surface area contributed by atoms with Crippen LogP contribution in [0.2, 0.25) is 0 Å². The first kappa shape index (κ1) is 24.0. The highest BCUT2D eigenvalue weighted by Crippen LogP contribution is 2.49. The van der Waals surface area contributed by atoms with Gasteiger partial charge >= 0.3 is 0 Å². The minimum atomic E-state index is 0.668. The molecule has 0 fully saturated rings. The van der Waals surface area contributed by atoms with Crippen molar-refractivity contribution in [3.8, 4) is 23.7 Å². The van der Waals surface area contributed by atoms with Crippen molar-refractivity contribution in [2.24, 2.45) is 0 Å². The number of aldehydes is 2. The molecule has 38 heavy (non-hydrogen) atoms. The van der Waals surface area contributed by atoms with Gasteiger partial charge < -0.3 is 9.80 Å². The van der Waals surface area contributed by atoms with Crippen LogP contribution >= 0.6 is 23.5 Å². The first-order chi connectivity index (χ1) is 18.5. The molecule has 6 heteroatoms. The first-order valence-electron chi connectivity index (χ1n) is 11.9. The maximum Gasteiger partial charge on any atom is 0.150 e. The van der Waals surface area contributed by atoms with Crippen molar-refractivity contribution in [3.63, 3.8) is 0 Å². The number of carbonyl (C=O) groups is 2. The second kappa shape index (κ2) is 9.84. The average molecular weight is 529 g/mol. The largest absolute Gasteiger partial charge is 0.343 e. The summed E-state index contributed by atoms with van der Waals surface area (Å²) in [5, 5.41) is 0. The monoisotopic (exact) mass is 528 g/mol. The molecular formula is C32H20N2O2S2. The number of carbonyl (C=O) groups excluding carboxylic acids is 2. The molecule has 4 nitrogen and oxygen atoms in total. The predicted molar refractivity (Wildman–Crippen MR) is 155 cm³/mol. The lowest BCUT2D eigenvalue weighted by atomic mass is 10.1. The second-order valence-electron chi connectivity index (χ2n) is 8.88. The maximum absolute atomic E-state index is 11.2. The molecule has 0 saturated heterocycles. The fraction of sp³-hybridized carbons (Fsp3) is 0.0625. The summed E-state index contributed by atoms with van der Waals surface area (Å²) in [7, 11) is 4.06. The molecule has 6 rings (SSSR count). The Labute approximate surface area is 230 Å². The third kappa shape index (κ3) is 4.35. The molecule has 2 aliphatic rings. The SMILES string of the molecule is CN1c2ccc(C#CC#Cc3ccc4c(c3)Sc3cc(C=O)ccc3N4C)cc2Sc2cc(C=O)ccc21. The van der Waals surface area contributed by atoms with Gasteiger partial charge in [0.1, 0.15) is 12.6 Å². The van der Waals surface area contributed by atoms with Crippen molar-refractivity contribution in [2.45, 2.75) is 19.6 Å². The molecule has 2 aliphatic heterocycles. The van der Waals surface area contributed by atoms with E-state index in [1.807, 2.05) is 62.6 Å². The van der Waals surface area contributed by atoms with Crippen LogP contribution in [0.1, 0.15) is 31.8 Å². The number of hydrogen-bond donors (Lipinski definition) is 0. The van der Waals surface area contributed by atoms with Gasteiger partial charge in [0.15, 0.2) is 0 Å². The van der Waals surface area contributed by atoms with Crippen molar-refractivity contribution < 1.29 is 9.59 Å². The zero-order chi connectivity index (χ0) is 26.2. The van der Waals surface area contributed by atoms with Gasteiger partial charge in [0.2, 0.25) is 0 Å². The van der Waals surface area contributed by atoms with E-state index in [0.717, 1.165) is 66.0 Å². The van der Waals surface area contributed by atoms with Crippen LogP contribution in [0.4, 0.5) is 22.7 Å². The molecule has 0 spiro atoms. The second-order valence-corrected chi connectivity index (χ2v) is 11.0. The summed E-state index contributed by atoms with van der Waals surface area (Å²) in [4.78, 5) is 31.0. The van der Waals surface area contributed by atoms with Crippen LogP contribution in [-0.4, -0.2) is 26.7 Å². The van der Waals surface area contributed by atoms with E-state index in [1.54, 1.807) is 23.5 Å². The molecule has 0 bridgehead atoms. The molecular weight excluding hydrogens is 508 g/mol. The molecule has 0 saturated carbocycles. The maximum atomic E-state index is 11.2. The number of anilines is 4. The van der Waals surface area contributed by atoms with E-state index >= 15 is 0 Å². The molecule has 0 N–H and O–H groups in total. The normalized spacial score (nSPS) is 12.5. The summed E-state index contributed by atoms with van der Waals surface area (Å²) >= 11 is 3.29. The summed E-state index contributed by atoms with van der Waals surface area (Å²) in [6.07, 6.45) is 1.75. The van der Waals surface area contributed by atoms with E-state index in [1.165, 1.54) is 0 Å². The fourth-order valence-corrected chi connectivity index (χ4v) is 7.00. The molecule has 0 amide bonds. The van der Waals surface area contributed by atoms with Gasteiger partial charge in [-0.05, 0) is 84.6 Å². The summed E-state index contributed by atoms with van der Waals surface area (Å²) in [5.41, 5.74) is 7.49. The van der Waals surface area contributed by atoms with Gasteiger partial charge in [0.05, 0.1) is 22.7 Å². The molecule has 2 heterocycles. The van der Waals surface area contributed by atoms with E-state index < -0.39 is 0 Å². The van der Waals surface area contributed by atoms with Gasteiger partial charge in [0, 0.05) is 55.9 Å². The molecule has 0 unspecified atom stereocenters. The lowest BCUT2D eigenvalue weighted by Gasteiger charge is -2.29. The van der Waals surface area contributed by atoms with E-state index in [0.29, 0.717) is 11.1 Å². The third-order valence-corrected chi connectivity index (χ3v) is 8.71. The minimum absolute atomic E-state index is 0.668. The van der Waals surface area contributed by atoms with Crippen molar-refractivity contribution in [3.05, 3.63) is 95.1 Å². The quantitative estimate of drug-likeness (QED) is 0.203. The lowest BCUT2D eigenvalue weighted by Crippen LogP contribution is -2.14. The third-order valence-electron chi connectivity index (χ3n) is 6.52. The van der Waals surface area contributed by atoms with Crippen molar-refractivity contribution in [1.82, 2.24) is 0 Å². The molecule has 0 aliphatic carbocycles. The fourth-order valence-electron chi connectivity index (χ4n) is 4.53. The van der Waals surface area contributed by atoms with Gasteiger partial charge in [-0.1, -0.05) is 35.4 Å². The summed E-state index contributed by atoms with van der Waals surface area (Å²) in [5.74, 6) is 12.3. The van der Waals surface area contributed by atoms with Crippen molar-refractivity contribution in [2.75, 3.05) is 23.9 Å². The number of rotatable bonds is 2. The van der Waals surface area contributed by atoms with Gasteiger partial charge in [-0.15, -0.1) is 0 Å². The Bertz CT molecular complexity index is 1640. The van der Waals surface area contributed by atoms with Crippen LogP contribution in [0.5, 0.6) is 0 Å². The molecule has 4 aromatic carbocycles. The zero-order valence-electron chi connectivity index (χ0n) is 20.6. The Morgan fingerprint density at radius 3 is 1.32 bits per heavy atom. The topological polar surface area (TPSA) is 40.6 Å². The van der Waals surface area contributed by atoms with E-state index in [2.05, 4.69) is 57.7 Å². The molecule has 4 aromatic rings. The minimum Gasteiger partial charge on any atom is -0.343 e. The number of nitrogens with zero attached hydrogens (tertiary/aromatic N) is 2. The Balaban J connectivity index is 1.22. The number of benzene rings is 4. The molecule has 182 valence electrons. The lowest BCUT2D eigenvalue weighted by molar-refractivity contribution is 0.111. The van der Waals surface area contributed by atoms with Gasteiger partial charge in [-0.25, -0.2) is 0 Å². The summed E-state index contributed by atoms with van der Waals surface area (Å²) in [6.45, 7) is 0. The standard InChI is InChI=1S/C32H20N2O2S2/c1-33-25-11-7-21(15-29(25)37-31-17-23(19-35)9-13-27(31)33)5-3-4-6-22-8-12-26-30(16-22)38-32-18-24(20-36)10-14-28(32)34(26)2/h7-20H,1-2H3. The van der Waals surface area contributed by atoms with Gasteiger partial charge in [-0.2, -0.15) is 0 Å². The Morgan fingerprint density at radius 1 is 0.553 bits per heavy atom. The van der Waals surface area contributed by atoms with E-state index in [-0.39, 0.29) is 0 Å². The van der Waals surface area contributed by atoms with Crippen LogP contribution < -0.4 is 9.80 Å². The molecule has 0 radical (unpaired) electrons. The Kier molecular flexibility index (Phi) is 6.21. The van der Waals surface area contributed by atoms with Crippen LogP contribution in [0.3, 0.4) is 0 Å². The Morgan fingerprint density at radius 2 is 0.921 bits per heavy atom. The average Bonchev–Trinajstić information content (AvgIpc) is 2.94. The zero-order valence-corrected chi connectivity index (χ0v) is 22.2. The Hall–Kier alpha value is -4.36. The van der Waals surface area contributed by atoms with E-state index in [9.17, 15) is 9.59 Å². The van der Waals surface area contributed by atoms with Crippen LogP contribution in [-0.2, 0) is 0 Å². The van der Waals surface area contributed by atoms with Crippen LogP contribution in [0.25, 0.3) is 0 Å². The number of fused-ring (bicyclic) bond motifs is 4. The van der Waals surface area contributed by atoms with Crippen LogP contribution in [0, 0.1) is 23.7 Å². The predicted octanol–water partition coefficient (Wildman–Crippen LogP) is 7.18. The highest BCUT2D eigenvalue weighted by atomic mass is 32.2. The van der Waals surface area contributed by atoms with Crippen LogP contribution in [0.15, 0.2) is 92.4 Å². The highest BCUT2D eigenvalue weighted by molar-refractivity contribution is 8.00. The van der Waals surface area contributed by atoms with Crippen molar-refractivity contribution in [1.29, 1.82) is 0 Å². The van der Waals surface area contributed by atoms with Gasteiger partial charge in [-0.3, -0.25) is 9.59 Å². The summed E-state index contributed by atoms with van der Waals surface area (Å²) in [6, 6.07) is 23.8. The summed E-state index contributed by atoms with van der Waals surface area (Å²) < 4.78 is 0. The number of hydrogen-bond acceptors (Lipinski definition) is 6. The van der Waals surface area contributed by atoms with Crippen molar-refractivity contribution >= 4 is 58.8 Å². The van der Waals surface area contributed by atoms with E-state index in [4.69, 9.17) is 0 Å². The highest BCUT2D eigenvalue weighted by Gasteiger charge is 2.22. The first-order valence-corrected chi connectivity index (χ1v) is 13.5. The smallest absolute Gasteiger partial charge is 0.150 e.